The van der Waals surface area contributed by atoms with E-state index in [2.05, 4.69) is 17.0 Å². The van der Waals surface area contributed by atoms with E-state index >= 15 is 0 Å². The van der Waals surface area contributed by atoms with Crippen LogP contribution in [-0.4, -0.2) is 24.6 Å². The van der Waals surface area contributed by atoms with E-state index in [1.165, 1.54) is 0 Å². The van der Waals surface area contributed by atoms with Crippen molar-refractivity contribution < 1.29 is 20.7 Å². The molecule has 60 valence electrons. The summed E-state index contributed by atoms with van der Waals surface area (Å²) in [5.41, 5.74) is 3.94. The van der Waals surface area contributed by atoms with Gasteiger partial charge in [-0.3, -0.25) is 0 Å². The largest absolute Gasteiger partial charge is 0.870 e. The van der Waals surface area contributed by atoms with E-state index in [-0.39, 0.29) is 11.4 Å². The molecule has 4 heteroatoms. The fourth-order valence-electron chi connectivity index (χ4n) is 0.288. The Bertz CT molecular complexity index is 122. The summed E-state index contributed by atoms with van der Waals surface area (Å²) < 4.78 is 4.65. The van der Waals surface area contributed by atoms with Crippen molar-refractivity contribution in [2.75, 3.05) is 13.2 Å². The molecule has 0 aromatic carbocycles. The molecule has 4 N–H and O–H groups in total. The molecule has 0 aliphatic rings. The number of carbonyl (C=O) groups excluding carboxylic acids is 1. The van der Waals surface area contributed by atoms with Gasteiger partial charge in [0.15, 0.2) is 0 Å². The second-order valence-electron chi connectivity index (χ2n) is 1.77. The Morgan fingerprint density at radius 3 is 2.50 bits per heavy atom. The minimum Gasteiger partial charge on any atom is -0.870 e. The Hall–Kier alpha value is -0.870. The summed E-state index contributed by atoms with van der Waals surface area (Å²) in [6, 6.07) is 0. The monoisotopic (exact) mass is 147 g/mol. The van der Waals surface area contributed by atoms with Gasteiger partial charge < -0.3 is 15.9 Å². The van der Waals surface area contributed by atoms with Gasteiger partial charge in [-0.1, -0.05) is 6.58 Å². The van der Waals surface area contributed by atoms with Gasteiger partial charge in [0.05, 0.1) is 0 Å². The van der Waals surface area contributed by atoms with Crippen LogP contribution in [0.3, 0.4) is 0 Å². The van der Waals surface area contributed by atoms with Crippen molar-refractivity contribution in [1.29, 1.82) is 0 Å². The minimum atomic E-state index is -0.335. The van der Waals surface area contributed by atoms with Crippen molar-refractivity contribution >= 4 is 5.97 Å². The second kappa shape index (κ2) is 6.25. The molecule has 0 amide bonds. The molecule has 0 unspecified atom stereocenters. The van der Waals surface area contributed by atoms with Gasteiger partial charge >= 0.3 is 5.97 Å². The third-order valence-corrected chi connectivity index (χ3v) is 0.726. The maximum absolute atomic E-state index is 10.6. The lowest BCUT2D eigenvalue weighted by molar-refractivity contribution is -0.372. The van der Waals surface area contributed by atoms with Crippen molar-refractivity contribution in [3.05, 3.63) is 12.2 Å². The summed E-state index contributed by atoms with van der Waals surface area (Å²) in [6.07, 6.45) is 0. The molecule has 0 rings (SSSR count). The lowest BCUT2D eigenvalue weighted by atomic mass is 10.4. The molecule has 0 aliphatic carbocycles. The Labute approximate surface area is 60.0 Å². The minimum absolute atomic E-state index is 0. The van der Waals surface area contributed by atoms with Crippen LogP contribution in [0.15, 0.2) is 12.2 Å². The van der Waals surface area contributed by atoms with E-state index in [0.29, 0.717) is 18.7 Å². The number of quaternary nitrogens is 1. The van der Waals surface area contributed by atoms with Crippen LogP contribution in [0.2, 0.25) is 0 Å². The van der Waals surface area contributed by atoms with Crippen LogP contribution >= 0.6 is 0 Å². The van der Waals surface area contributed by atoms with Crippen LogP contribution in [0.1, 0.15) is 6.92 Å². The summed E-state index contributed by atoms with van der Waals surface area (Å²) in [6.45, 7) is 6.02. The van der Waals surface area contributed by atoms with Gasteiger partial charge in [-0.2, -0.15) is 0 Å². The zero-order valence-electron chi connectivity index (χ0n) is 6.09. The van der Waals surface area contributed by atoms with Gasteiger partial charge in [-0.05, 0) is 6.92 Å². The van der Waals surface area contributed by atoms with E-state index in [4.69, 9.17) is 0 Å². The summed E-state index contributed by atoms with van der Waals surface area (Å²) >= 11 is 0. The first kappa shape index (κ1) is 11.9. The molecule has 0 saturated carbocycles. The number of carbonyl (C=O) groups is 1. The van der Waals surface area contributed by atoms with E-state index < -0.39 is 0 Å². The maximum atomic E-state index is 10.6. The smallest absolute Gasteiger partial charge is 0.333 e. The first-order valence-electron chi connectivity index (χ1n) is 2.80. The highest BCUT2D eigenvalue weighted by atomic mass is 16.5. The molecule has 0 bridgehead atoms. The SMILES string of the molecule is C=C(C)C(=O)OCC[NH3+].[OH-]. The topological polar surface area (TPSA) is 83.9 Å². The maximum Gasteiger partial charge on any atom is 0.333 e. The standard InChI is InChI=1S/C6H11NO2.H2O/c1-5(2)6(8)9-4-3-7;/h1,3-4,7H2,2H3;1H2. The van der Waals surface area contributed by atoms with Crippen LogP contribution in [0, 0.1) is 0 Å². The highest BCUT2D eigenvalue weighted by Gasteiger charge is 2.00. The predicted molar refractivity (Wildman–Crippen MR) is 35.5 cm³/mol. The number of esters is 1. The lowest BCUT2D eigenvalue weighted by Crippen LogP contribution is -2.52. The molecular formula is C6H13NO3. The number of ether oxygens (including phenoxy) is 1. The summed E-state index contributed by atoms with van der Waals surface area (Å²) in [7, 11) is 0. The summed E-state index contributed by atoms with van der Waals surface area (Å²) in [5.74, 6) is -0.335. The van der Waals surface area contributed by atoms with E-state index in [1.54, 1.807) is 6.92 Å². The van der Waals surface area contributed by atoms with Crippen molar-refractivity contribution in [1.82, 2.24) is 0 Å². The van der Waals surface area contributed by atoms with Crippen LogP contribution in [0.25, 0.3) is 0 Å². The Morgan fingerprint density at radius 1 is 1.70 bits per heavy atom. The third-order valence-electron chi connectivity index (χ3n) is 0.726. The zero-order chi connectivity index (χ0) is 7.28. The first-order chi connectivity index (χ1) is 4.18. The molecule has 4 nitrogen and oxygen atoms in total. The molecule has 0 fully saturated rings. The van der Waals surface area contributed by atoms with Gasteiger partial charge in [0.2, 0.25) is 0 Å². The predicted octanol–water partition coefficient (Wildman–Crippen LogP) is -0.829. The first-order valence-corrected chi connectivity index (χ1v) is 2.80. The zero-order valence-corrected chi connectivity index (χ0v) is 6.09. The molecule has 0 aromatic heterocycles. The van der Waals surface area contributed by atoms with E-state index in [1.807, 2.05) is 0 Å². The molecule has 0 heterocycles. The number of hydrogen-bond donors (Lipinski definition) is 1. The van der Waals surface area contributed by atoms with Gasteiger partial charge in [-0.25, -0.2) is 4.79 Å². The number of rotatable bonds is 3. The molecule has 0 aromatic rings. The lowest BCUT2D eigenvalue weighted by Gasteiger charge is -1.98. The van der Waals surface area contributed by atoms with Crippen LogP contribution in [0.4, 0.5) is 0 Å². The normalized spacial score (nSPS) is 7.80. The summed E-state index contributed by atoms with van der Waals surface area (Å²) in [4.78, 5) is 10.6. The van der Waals surface area contributed by atoms with Crippen molar-refractivity contribution in [2.45, 2.75) is 6.92 Å². The second-order valence-corrected chi connectivity index (χ2v) is 1.77. The molecular weight excluding hydrogens is 134 g/mol. The number of hydrogen-bond acceptors (Lipinski definition) is 3. The molecule has 0 atom stereocenters. The fraction of sp³-hybridized carbons (Fsp3) is 0.500. The average Bonchev–Trinajstić information content (AvgIpc) is 1.82. The summed E-state index contributed by atoms with van der Waals surface area (Å²) in [5, 5.41) is 0. The molecule has 10 heavy (non-hydrogen) atoms. The molecule has 0 aliphatic heterocycles. The highest BCUT2D eigenvalue weighted by molar-refractivity contribution is 5.86. The molecule has 0 spiro atoms. The van der Waals surface area contributed by atoms with Crippen molar-refractivity contribution in [3.63, 3.8) is 0 Å². The molecule has 0 saturated heterocycles. The Balaban J connectivity index is 0. The van der Waals surface area contributed by atoms with Gasteiger partial charge in [0.1, 0.15) is 13.2 Å². The Morgan fingerprint density at radius 2 is 2.20 bits per heavy atom. The Kier molecular flexibility index (Phi) is 7.42. The fourth-order valence-corrected chi connectivity index (χ4v) is 0.288. The third kappa shape index (κ3) is 5.27. The van der Waals surface area contributed by atoms with Crippen molar-refractivity contribution in [3.8, 4) is 0 Å². The van der Waals surface area contributed by atoms with Gasteiger partial charge in [-0.15, -0.1) is 0 Å². The van der Waals surface area contributed by atoms with E-state index in [0.717, 1.165) is 0 Å². The highest BCUT2D eigenvalue weighted by Crippen LogP contribution is 1.89. The van der Waals surface area contributed by atoms with Gasteiger partial charge in [0.25, 0.3) is 0 Å². The van der Waals surface area contributed by atoms with E-state index in [9.17, 15) is 4.79 Å². The van der Waals surface area contributed by atoms with Crippen LogP contribution in [0.5, 0.6) is 0 Å². The average molecular weight is 147 g/mol. The quantitative estimate of drug-likeness (QED) is 0.417. The van der Waals surface area contributed by atoms with Crippen molar-refractivity contribution in [2.24, 2.45) is 0 Å². The van der Waals surface area contributed by atoms with Crippen LogP contribution in [-0.2, 0) is 9.53 Å². The van der Waals surface area contributed by atoms with Gasteiger partial charge in [0, 0.05) is 5.57 Å². The van der Waals surface area contributed by atoms with Crippen LogP contribution < -0.4 is 5.73 Å². The molecule has 0 radical (unpaired) electrons.